The number of hydrogen-bond acceptors (Lipinski definition) is 4. The van der Waals surface area contributed by atoms with Crippen molar-refractivity contribution >= 4 is 0 Å². The predicted octanol–water partition coefficient (Wildman–Crippen LogP) is 2.26. The molecule has 0 heterocycles. The van der Waals surface area contributed by atoms with Gasteiger partial charge in [-0.3, -0.25) is 0 Å². The Labute approximate surface area is 106 Å². The standard InChI is InChI=1S/C13H28O4/c1-5-13(17-9-7-14-4)11-12(3)16-10-8-15-6-2/h12-13H,5-11H2,1-4H3. The molecule has 0 spiro atoms. The molecule has 0 saturated carbocycles. The van der Waals surface area contributed by atoms with Crippen LogP contribution in [0.5, 0.6) is 0 Å². The minimum atomic E-state index is 0.211. The number of ether oxygens (including phenoxy) is 4. The van der Waals surface area contributed by atoms with Crippen molar-refractivity contribution in [3.63, 3.8) is 0 Å². The molecule has 0 aromatic carbocycles. The highest BCUT2D eigenvalue weighted by Gasteiger charge is 2.12. The molecule has 4 heteroatoms. The van der Waals surface area contributed by atoms with E-state index < -0.39 is 0 Å². The second-order valence-electron chi connectivity index (χ2n) is 4.01. The van der Waals surface area contributed by atoms with E-state index in [9.17, 15) is 0 Å². The largest absolute Gasteiger partial charge is 0.382 e. The highest BCUT2D eigenvalue weighted by atomic mass is 16.5. The summed E-state index contributed by atoms with van der Waals surface area (Å²) in [5.41, 5.74) is 0. The van der Waals surface area contributed by atoms with E-state index in [2.05, 4.69) is 13.8 Å². The summed E-state index contributed by atoms with van der Waals surface area (Å²) < 4.78 is 21.5. The lowest BCUT2D eigenvalue weighted by Crippen LogP contribution is -2.23. The Balaban J connectivity index is 3.55. The van der Waals surface area contributed by atoms with Crippen LogP contribution in [0.15, 0.2) is 0 Å². The van der Waals surface area contributed by atoms with E-state index in [-0.39, 0.29) is 12.2 Å². The van der Waals surface area contributed by atoms with Crippen LogP contribution in [-0.2, 0) is 18.9 Å². The van der Waals surface area contributed by atoms with Crippen LogP contribution in [0.4, 0.5) is 0 Å². The van der Waals surface area contributed by atoms with E-state index in [0.29, 0.717) is 26.4 Å². The van der Waals surface area contributed by atoms with Crippen LogP contribution in [0.25, 0.3) is 0 Å². The second-order valence-corrected chi connectivity index (χ2v) is 4.01. The molecule has 0 rings (SSSR count). The van der Waals surface area contributed by atoms with Crippen molar-refractivity contribution < 1.29 is 18.9 Å². The lowest BCUT2D eigenvalue weighted by Gasteiger charge is -2.20. The molecule has 0 bridgehead atoms. The molecule has 0 fully saturated rings. The fourth-order valence-corrected chi connectivity index (χ4v) is 1.54. The molecule has 2 unspecified atom stereocenters. The third-order valence-corrected chi connectivity index (χ3v) is 2.53. The summed E-state index contributed by atoms with van der Waals surface area (Å²) in [5.74, 6) is 0. The van der Waals surface area contributed by atoms with Crippen LogP contribution in [0, 0.1) is 0 Å². The van der Waals surface area contributed by atoms with E-state index >= 15 is 0 Å². The maximum atomic E-state index is 5.69. The van der Waals surface area contributed by atoms with E-state index in [1.165, 1.54) is 0 Å². The maximum absolute atomic E-state index is 5.69. The van der Waals surface area contributed by atoms with Crippen molar-refractivity contribution in [3.05, 3.63) is 0 Å². The van der Waals surface area contributed by atoms with Crippen LogP contribution in [-0.4, -0.2) is 52.4 Å². The molecule has 0 radical (unpaired) electrons. The smallest absolute Gasteiger partial charge is 0.0704 e. The molecule has 0 N–H and O–H groups in total. The first-order chi connectivity index (χ1) is 8.24. The first-order valence-corrected chi connectivity index (χ1v) is 6.54. The summed E-state index contributed by atoms with van der Waals surface area (Å²) >= 11 is 0. The average Bonchev–Trinajstić information content (AvgIpc) is 2.33. The Morgan fingerprint density at radius 1 is 0.941 bits per heavy atom. The van der Waals surface area contributed by atoms with Crippen molar-refractivity contribution in [3.8, 4) is 0 Å². The predicted molar refractivity (Wildman–Crippen MR) is 68.4 cm³/mol. The van der Waals surface area contributed by atoms with Crippen LogP contribution in [0.1, 0.15) is 33.6 Å². The molecule has 104 valence electrons. The summed E-state index contributed by atoms with van der Waals surface area (Å²) in [6.07, 6.45) is 2.39. The van der Waals surface area contributed by atoms with Crippen molar-refractivity contribution in [2.24, 2.45) is 0 Å². The van der Waals surface area contributed by atoms with Crippen molar-refractivity contribution in [2.45, 2.75) is 45.8 Å². The Morgan fingerprint density at radius 2 is 1.65 bits per heavy atom. The minimum absolute atomic E-state index is 0.211. The monoisotopic (exact) mass is 248 g/mol. The van der Waals surface area contributed by atoms with Gasteiger partial charge in [0.2, 0.25) is 0 Å². The summed E-state index contributed by atoms with van der Waals surface area (Å²) in [7, 11) is 1.68. The number of hydrogen-bond donors (Lipinski definition) is 0. The summed E-state index contributed by atoms with van der Waals surface area (Å²) in [5, 5.41) is 0. The summed E-state index contributed by atoms with van der Waals surface area (Å²) in [6.45, 7) is 9.57. The molecule has 0 aliphatic carbocycles. The van der Waals surface area contributed by atoms with E-state index in [1.807, 2.05) is 6.92 Å². The molecular formula is C13H28O4. The van der Waals surface area contributed by atoms with Crippen molar-refractivity contribution in [2.75, 3.05) is 40.1 Å². The van der Waals surface area contributed by atoms with Gasteiger partial charge in [0, 0.05) is 13.7 Å². The fourth-order valence-electron chi connectivity index (χ4n) is 1.54. The molecule has 0 aliphatic heterocycles. The van der Waals surface area contributed by atoms with Crippen LogP contribution >= 0.6 is 0 Å². The molecule has 0 aromatic heterocycles. The number of methoxy groups -OCH3 is 1. The highest BCUT2D eigenvalue weighted by Crippen LogP contribution is 2.09. The number of rotatable bonds is 12. The SMILES string of the molecule is CCOCCOC(C)CC(CC)OCCOC. The van der Waals surface area contributed by atoms with Gasteiger partial charge in [-0.15, -0.1) is 0 Å². The van der Waals surface area contributed by atoms with Crippen molar-refractivity contribution in [1.82, 2.24) is 0 Å². The zero-order valence-corrected chi connectivity index (χ0v) is 11.7. The van der Waals surface area contributed by atoms with Crippen LogP contribution in [0.2, 0.25) is 0 Å². The third kappa shape index (κ3) is 10.7. The lowest BCUT2D eigenvalue weighted by molar-refractivity contribution is -0.0370. The molecule has 0 saturated heterocycles. The first-order valence-electron chi connectivity index (χ1n) is 6.54. The Morgan fingerprint density at radius 3 is 2.24 bits per heavy atom. The topological polar surface area (TPSA) is 36.9 Å². The van der Waals surface area contributed by atoms with Gasteiger partial charge < -0.3 is 18.9 Å². The fraction of sp³-hybridized carbons (Fsp3) is 1.00. The van der Waals surface area contributed by atoms with Gasteiger partial charge >= 0.3 is 0 Å². The van der Waals surface area contributed by atoms with Gasteiger partial charge in [-0.25, -0.2) is 0 Å². The molecule has 0 aliphatic rings. The van der Waals surface area contributed by atoms with Gasteiger partial charge in [0.1, 0.15) is 0 Å². The zero-order chi connectivity index (χ0) is 12.9. The van der Waals surface area contributed by atoms with Gasteiger partial charge in [-0.1, -0.05) is 6.92 Å². The normalized spacial score (nSPS) is 14.8. The Bertz CT molecular complexity index is 152. The molecule has 2 atom stereocenters. The van der Waals surface area contributed by atoms with Gasteiger partial charge in [-0.2, -0.15) is 0 Å². The molecule has 4 nitrogen and oxygen atoms in total. The van der Waals surface area contributed by atoms with Gasteiger partial charge in [-0.05, 0) is 26.7 Å². The third-order valence-electron chi connectivity index (χ3n) is 2.53. The minimum Gasteiger partial charge on any atom is -0.382 e. The first kappa shape index (κ1) is 16.8. The molecular weight excluding hydrogens is 220 g/mol. The second kappa shape index (κ2) is 12.3. The van der Waals surface area contributed by atoms with E-state index in [0.717, 1.165) is 19.4 Å². The molecule has 17 heavy (non-hydrogen) atoms. The van der Waals surface area contributed by atoms with Gasteiger partial charge in [0.05, 0.1) is 38.6 Å². The molecule has 0 amide bonds. The van der Waals surface area contributed by atoms with E-state index in [4.69, 9.17) is 18.9 Å². The van der Waals surface area contributed by atoms with Crippen LogP contribution < -0.4 is 0 Å². The summed E-state index contributed by atoms with van der Waals surface area (Å²) in [6, 6.07) is 0. The summed E-state index contributed by atoms with van der Waals surface area (Å²) in [4.78, 5) is 0. The van der Waals surface area contributed by atoms with Crippen molar-refractivity contribution in [1.29, 1.82) is 0 Å². The Hall–Kier alpha value is -0.160. The van der Waals surface area contributed by atoms with E-state index in [1.54, 1.807) is 7.11 Å². The highest BCUT2D eigenvalue weighted by molar-refractivity contribution is 4.61. The van der Waals surface area contributed by atoms with Gasteiger partial charge in [0.15, 0.2) is 0 Å². The zero-order valence-electron chi connectivity index (χ0n) is 11.7. The quantitative estimate of drug-likeness (QED) is 0.496. The van der Waals surface area contributed by atoms with Gasteiger partial charge in [0.25, 0.3) is 0 Å². The average molecular weight is 248 g/mol. The van der Waals surface area contributed by atoms with Crippen LogP contribution in [0.3, 0.4) is 0 Å². The maximum Gasteiger partial charge on any atom is 0.0704 e. The lowest BCUT2D eigenvalue weighted by atomic mass is 10.1. The molecule has 0 aromatic rings. The Kier molecular flexibility index (Phi) is 12.2.